The number of thiophene rings is 9. The number of hydrogen-bond donors (Lipinski definition) is 0. The second-order valence-electron chi connectivity index (χ2n) is 15.9. The van der Waals surface area contributed by atoms with Crippen molar-refractivity contribution in [3.63, 3.8) is 0 Å². The van der Waals surface area contributed by atoms with Crippen LogP contribution in [0.15, 0.2) is 182 Å². The van der Waals surface area contributed by atoms with Crippen molar-refractivity contribution in [2.45, 2.75) is 0 Å². The molecule has 338 valence electrons. The molecule has 13 heteroatoms. The first-order valence-corrected chi connectivity index (χ1v) is 29.2. The third kappa shape index (κ3) is 9.05. The summed E-state index contributed by atoms with van der Waals surface area (Å²) in [6.45, 7) is 0. The highest BCUT2D eigenvalue weighted by molar-refractivity contribution is 7.29. The molecule has 0 saturated heterocycles. The Labute approximate surface area is 439 Å². The van der Waals surface area contributed by atoms with Gasteiger partial charge in [0.25, 0.3) is 0 Å². The van der Waals surface area contributed by atoms with E-state index in [1.54, 1.807) is 68.0 Å². The fourth-order valence-corrected chi connectivity index (χ4v) is 17.2. The molecular formula is C57H33NO3S9. The summed E-state index contributed by atoms with van der Waals surface area (Å²) in [5.74, 6) is 0. The molecule has 0 amide bonds. The van der Waals surface area contributed by atoms with Crippen LogP contribution in [-0.2, 0) is 0 Å². The lowest BCUT2D eigenvalue weighted by Gasteiger charge is -2.26. The summed E-state index contributed by atoms with van der Waals surface area (Å²) < 4.78 is 0. The number of rotatable bonds is 15. The molecule has 3 aromatic carbocycles. The lowest BCUT2D eigenvalue weighted by atomic mass is 10.1. The van der Waals surface area contributed by atoms with Crippen LogP contribution in [0.5, 0.6) is 0 Å². The predicted octanol–water partition coefficient (Wildman–Crippen LogP) is 20.2. The minimum Gasteiger partial charge on any atom is -0.311 e. The van der Waals surface area contributed by atoms with Crippen LogP contribution in [-0.4, -0.2) is 18.9 Å². The maximum atomic E-state index is 11.3. The van der Waals surface area contributed by atoms with Crippen LogP contribution in [0.3, 0.4) is 0 Å². The minimum absolute atomic E-state index is 0.743. The van der Waals surface area contributed by atoms with E-state index in [0.717, 1.165) is 81.9 Å². The SMILES string of the molecule is O=Cc1ccc(-c2ccc(-c3ccc(-c4ccc(N(c5ccc(-c6ccc(-c7ccc(-c8ccc(C=O)s8)s7)s6)cc5)c5ccc(-c6ccc(-c7ccc(-c8ccc(C=O)s8)s7)s6)cc5)cc4)s3)s2)s1. The van der Waals surface area contributed by atoms with E-state index in [1.165, 1.54) is 92.5 Å². The van der Waals surface area contributed by atoms with Gasteiger partial charge in [-0.15, -0.1) is 102 Å². The van der Waals surface area contributed by atoms with Crippen molar-refractivity contribution < 1.29 is 14.4 Å². The Bertz CT molecular complexity index is 3410. The van der Waals surface area contributed by atoms with Gasteiger partial charge in [-0.3, -0.25) is 14.4 Å². The number of benzene rings is 3. The average molecular weight is 1070 g/mol. The first-order valence-electron chi connectivity index (χ1n) is 21.8. The molecule has 0 radical (unpaired) electrons. The van der Waals surface area contributed by atoms with Gasteiger partial charge in [0, 0.05) is 90.2 Å². The fourth-order valence-electron chi connectivity index (χ4n) is 8.10. The fraction of sp³-hybridized carbons (Fsp3) is 0. The Balaban J connectivity index is 0.821. The zero-order valence-electron chi connectivity index (χ0n) is 36.4. The molecule has 0 fully saturated rings. The van der Waals surface area contributed by atoms with E-state index in [0.29, 0.717) is 0 Å². The Hall–Kier alpha value is -6.23. The summed E-state index contributed by atoms with van der Waals surface area (Å²) in [5.41, 5.74) is 6.67. The van der Waals surface area contributed by atoms with Crippen LogP contribution < -0.4 is 4.90 Å². The standard InChI is InChI=1S/C57H33NO3S9/c59-31-40-13-16-46(62-40)49-25-28-55(68-49)52-22-19-43(65-52)34-1-7-37(8-2-34)58(38-9-3-35(4-10-38)44-20-23-53(66-44)56-29-26-50(69-56)47-17-14-41(32-60)63-47)39-11-5-36(6-12-39)45-21-24-54(67-45)57-30-27-51(70-57)48-18-15-42(33-61)64-48/h1-33H. The van der Waals surface area contributed by atoms with Gasteiger partial charge in [0.05, 0.1) is 14.6 Å². The molecule has 0 aliphatic carbocycles. The molecule has 0 N–H and O–H groups in total. The molecule has 0 aliphatic rings. The zero-order valence-corrected chi connectivity index (χ0v) is 43.7. The molecule has 9 aromatic heterocycles. The summed E-state index contributed by atoms with van der Waals surface area (Å²) >= 11 is 15.2. The van der Waals surface area contributed by atoms with E-state index in [4.69, 9.17) is 0 Å². The molecule has 0 spiro atoms. The van der Waals surface area contributed by atoms with E-state index in [9.17, 15) is 14.4 Å². The van der Waals surface area contributed by atoms with Crippen LogP contribution in [0, 0.1) is 0 Å². The van der Waals surface area contributed by atoms with Gasteiger partial charge in [0.2, 0.25) is 0 Å². The molecule has 0 bridgehead atoms. The average Bonchev–Trinajstić information content (AvgIpc) is 4.26. The van der Waals surface area contributed by atoms with E-state index in [2.05, 4.69) is 150 Å². The number of anilines is 3. The summed E-state index contributed by atoms with van der Waals surface area (Å²) in [4.78, 5) is 56.2. The molecular weight excluding hydrogens is 1040 g/mol. The highest BCUT2D eigenvalue weighted by atomic mass is 32.1. The van der Waals surface area contributed by atoms with E-state index in [1.807, 2.05) is 36.4 Å². The topological polar surface area (TPSA) is 54.5 Å². The quantitative estimate of drug-likeness (QED) is 0.0960. The molecule has 0 saturated carbocycles. The first kappa shape index (κ1) is 44.9. The van der Waals surface area contributed by atoms with Gasteiger partial charge >= 0.3 is 0 Å². The van der Waals surface area contributed by atoms with Crippen LogP contribution >= 0.6 is 102 Å². The molecule has 0 aliphatic heterocycles. The highest BCUT2D eigenvalue weighted by Gasteiger charge is 2.18. The summed E-state index contributed by atoms with van der Waals surface area (Å²) in [6.07, 6.45) is 2.74. The number of carbonyl (C=O) groups is 3. The van der Waals surface area contributed by atoms with Gasteiger partial charge in [-0.2, -0.15) is 0 Å². The van der Waals surface area contributed by atoms with Crippen LogP contribution in [0.4, 0.5) is 17.1 Å². The lowest BCUT2D eigenvalue weighted by Crippen LogP contribution is -2.09. The van der Waals surface area contributed by atoms with Crippen molar-refractivity contribution in [1.29, 1.82) is 0 Å². The van der Waals surface area contributed by atoms with Crippen LogP contribution in [0.1, 0.15) is 29.0 Å². The van der Waals surface area contributed by atoms with Gasteiger partial charge in [-0.1, -0.05) is 36.4 Å². The Morgan fingerprint density at radius 2 is 0.400 bits per heavy atom. The molecule has 0 unspecified atom stereocenters. The monoisotopic (exact) mass is 1070 g/mol. The Kier molecular flexibility index (Phi) is 12.5. The maximum Gasteiger partial charge on any atom is 0.160 e. The molecule has 4 nitrogen and oxygen atoms in total. The Morgan fingerprint density at radius 3 is 0.614 bits per heavy atom. The van der Waals surface area contributed by atoms with E-state index in [-0.39, 0.29) is 0 Å². The summed E-state index contributed by atoms with van der Waals surface area (Å²) in [5, 5.41) is 0. The van der Waals surface area contributed by atoms with Gasteiger partial charge in [0.15, 0.2) is 18.9 Å². The lowest BCUT2D eigenvalue weighted by molar-refractivity contribution is 0.111. The van der Waals surface area contributed by atoms with Crippen molar-refractivity contribution >= 4 is 138 Å². The second-order valence-corrected chi connectivity index (χ2v) is 25.8. The summed E-state index contributed by atoms with van der Waals surface area (Å²) in [6, 6.07) is 64.6. The third-order valence-electron chi connectivity index (χ3n) is 11.6. The van der Waals surface area contributed by atoms with Gasteiger partial charge < -0.3 is 4.90 Å². The highest BCUT2D eigenvalue weighted by Crippen LogP contribution is 2.46. The molecule has 70 heavy (non-hydrogen) atoms. The van der Waals surface area contributed by atoms with Gasteiger partial charge in [-0.05, 0) is 162 Å². The normalized spacial score (nSPS) is 11.3. The second kappa shape index (κ2) is 19.5. The molecule has 12 aromatic rings. The van der Waals surface area contributed by atoms with Crippen LogP contribution in [0.2, 0.25) is 0 Å². The molecule has 0 atom stereocenters. The maximum absolute atomic E-state index is 11.3. The zero-order chi connectivity index (χ0) is 47.1. The third-order valence-corrected chi connectivity index (χ3v) is 22.4. The number of nitrogens with zero attached hydrogens (tertiary/aromatic N) is 1. The number of aldehydes is 3. The van der Waals surface area contributed by atoms with Crippen molar-refractivity contribution in [1.82, 2.24) is 0 Å². The van der Waals surface area contributed by atoms with Crippen molar-refractivity contribution in [3.05, 3.63) is 197 Å². The van der Waals surface area contributed by atoms with Crippen LogP contribution in [0.25, 0.3) is 89.8 Å². The van der Waals surface area contributed by atoms with Crippen molar-refractivity contribution in [3.8, 4) is 89.8 Å². The van der Waals surface area contributed by atoms with Gasteiger partial charge in [-0.25, -0.2) is 0 Å². The van der Waals surface area contributed by atoms with E-state index < -0.39 is 0 Å². The summed E-state index contributed by atoms with van der Waals surface area (Å²) in [7, 11) is 0. The largest absolute Gasteiger partial charge is 0.311 e. The van der Waals surface area contributed by atoms with Crippen molar-refractivity contribution in [2.75, 3.05) is 4.90 Å². The number of carbonyl (C=O) groups excluding carboxylic acids is 3. The molecule has 12 rings (SSSR count). The predicted molar refractivity (Wildman–Crippen MR) is 307 cm³/mol. The minimum atomic E-state index is 0.743. The van der Waals surface area contributed by atoms with Crippen molar-refractivity contribution in [2.24, 2.45) is 0 Å². The molecule has 9 heterocycles. The Morgan fingerprint density at radius 1 is 0.214 bits per heavy atom. The smallest absolute Gasteiger partial charge is 0.160 e. The van der Waals surface area contributed by atoms with Gasteiger partial charge in [0.1, 0.15) is 0 Å². The van der Waals surface area contributed by atoms with E-state index >= 15 is 0 Å². The first-order chi connectivity index (χ1) is 34.4. The number of hydrogen-bond acceptors (Lipinski definition) is 13.